The molecule has 0 unspecified atom stereocenters. The lowest BCUT2D eigenvalue weighted by molar-refractivity contribution is 0.112. The standard InChI is InChI=1S/C9H7IO3/c10-9-2-6(3-11)1-7(4-12)8(9)5-13/h1-5,11,13H. The van der Waals surface area contributed by atoms with E-state index in [2.05, 4.69) is 0 Å². The highest BCUT2D eigenvalue weighted by atomic mass is 127. The van der Waals surface area contributed by atoms with Crippen molar-refractivity contribution in [1.29, 1.82) is 0 Å². The molecular formula is C9H7IO3. The van der Waals surface area contributed by atoms with E-state index in [1.54, 1.807) is 6.07 Å². The second-order valence-electron chi connectivity index (χ2n) is 2.38. The molecule has 13 heavy (non-hydrogen) atoms. The number of aliphatic hydroxyl groups is 2. The van der Waals surface area contributed by atoms with E-state index >= 15 is 0 Å². The molecule has 0 spiro atoms. The van der Waals surface area contributed by atoms with Gasteiger partial charge in [-0.25, -0.2) is 0 Å². The zero-order chi connectivity index (χ0) is 9.84. The predicted molar refractivity (Wildman–Crippen MR) is 58.0 cm³/mol. The van der Waals surface area contributed by atoms with Crippen LogP contribution in [-0.2, 0) is 0 Å². The number of benzene rings is 1. The first kappa shape index (κ1) is 10.0. The zero-order valence-corrected chi connectivity index (χ0v) is 8.72. The Bertz CT molecular complexity index is 437. The Labute approximate surface area is 88.2 Å². The lowest BCUT2D eigenvalue weighted by Gasteiger charge is -1.95. The number of carbonyl (C=O) groups is 1. The van der Waals surface area contributed by atoms with Crippen molar-refractivity contribution < 1.29 is 15.0 Å². The number of rotatable bonds is 1. The molecule has 0 aromatic heterocycles. The Hall–Kier alpha value is -1.04. The van der Waals surface area contributed by atoms with E-state index < -0.39 is 0 Å². The van der Waals surface area contributed by atoms with Crippen molar-refractivity contribution >= 4 is 41.4 Å². The SMILES string of the molecule is O=Cc1cc(=CO)cc(I)c1=CO. The van der Waals surface area contributed by atoms with Crippen LogP contribution in [0.4, 0.5) is 0 Å². The number of hydrogen-bond donors (Lipinski definition) is 2. The molecule has 1 aromatic carbocycles. The van der Waals surface area contributed by atoms with E-state index in [1.165, 1.54) is 6.07 Å². The summed E-state index contributed by atoms with van der Waals surface area (Å²) in [6.07, 6.45) is 2.43. The molecule has 0 aliphatic rings. The summed E-state index contributed by atoms with van der Waals surface area (Å²) in [7, 11) is 0. The van der Waals surface area contributed by atoms with E-state index in [-0.39, 0.29) is 0 Å². The Morgan fingerprint density at radius 2 is 1.92 bits per heavy atom. The van der Waals surface area contributed by atoms with Gasteiger partial charge in [0.25, 0.3) is 0 Å². The van der Waals surface area contributed by atoms with Gasteiger partial charge in [-0.15, -0.1) is 0 Å². The molecule has 0 saturated heterocycles. The van der Waals surface area contributed by atoms with Gasteiger partial charge in [-0.1, -0.05) is 0 Å². The van der Waals surface area contributed by atoms with Gasteiger partial charge < -0.3 is 10.2 Å². The normalized spacial score (nSPS) is 13.3. The number of aliphatic hydroxyl groups excluding tert-OH is 2. The molecule has 0 atom stereocenters. The summed E-state index contributed by atoms with van der Waals surface area (Å²) in [6.45, 7) is 0. The van der Waals surface area contributed by atoms with Crippen molar-refractivity contribution in [2.24, 2.45) is 0 Å². The molecule has 2 N–H and O–H groups in total. The number of halogens is 1. The minimum Gasteiger partial charge on any atom is -0.515 e. The van der Waals surface area contributed by atoms with Crippen molar-refractivity contribution in [1.82, 2.24) is 0 Å². The average molecular weight is 290 g/mol. The van der Waals surface area contributed by atoms with Crippen molar-refractivity contribution in [2.75, 3.05) is 0 Å². The maximum Gasteiger partial charge on any atom is 0.150 e. The fraction of sp³-hybridized carbons (Fsp3) is 0. The minimum atomic E-state index is 0.356. The first-order valence-electron chi connectivity index (χ1n) is 3.46. The van der Waals surface area contributed by atoms with Crippen LogP contribution in [0.5, 0.6) is 0 Å². The summed E-state index contributed by atoms with van der Waals surface area (Å²) < 4.78 is 0.713. The zero-order valence-electron chi connectivity index (χ0n) is 6.57. The Kier molecular flexibility index (Phi) is 3.30. The van der Waals surface area contributed by atoms with Crippen LogP contribution in [-0.4, -0.2) is 16.5 Å². The first-order valence-corrected chi connectivity index (χ1v) is 4.54. The van der Waals surface area contributed by atoms with E-state index in [1.807, 2.05) is 22.6 Å². The molecule has 0 radical (unpaired) electrons. The van der Waals surface area contributed by atoms with Crippen molar-refractivity contribution in [3.63, 3.8) is 0 Å². The summed E-state index contributed by atoms with van der Waals surface area (Å²) in [4.78, 5) is 10.6. The largest absolute Gasteiger partial charge is 0.515 e. The second kappa shape index (κ2) is 4.27. The Balaban J connectivity index is 3.67. The molecule has 0 aliphatic heterocycles. The molecule has 68 valence electrons. The lowest BCUT2D eigenvalue weighted by atomic mass is 10.2. The highest BCUT2D eigenvalue weighted by molar-refractivity contribution is 14.1. The molecule has 0 bridgehead atoms. The van der Waals surface area contributed by atoms with Gasteiger partial charge in [0.15, 0.2) is 6.29 Å². The molecule has 1 aromatic rings. The third-order valence-corrected chi connectivity index (χ3v) is 2.48. The highest BCUT2D eigenvalue weighted by Crippen LogP contribution is 1.95. The van der Waals surface area contributed by atoms with Crippen LogP contribution < -0.4 is 10.4 Å². The summed E-state index contributed by atoms with van der Waals surface area (Å²) in [5.41, 5.74) is 0.356. The van der Waals surface area contributed by atoms with Gasteiger partial charge in [-0.3, -0.25) is 4.79 Å². The molecule has 0 aliphatic carbocycles. The van der Waals surface area contributed by atoms with Gasteiger partial charge in [-0.05, 0) is 34.7 Å². The van der Waals surface area contributed by atoms with Gasteiger partial charge in [0.1, 0.15) is 0 Å². The average Bonchev–Trinajstić information content (AvgIpc) is 2.16. The van der Waals surface area contributed by atoms with Crippen LogP contribution in [0.3, 0.4) is 0 Å². The molecule has 1 rings (SSSR count). The van der Waals surface area contributed by atoms with Gasteiger partial charge >= 0.3 is 0 Å². The van der Waals surface area contributed by atoms with Gasteiger partial charge in [-0.2, -0.15) is 0 Å². The van der Waals surface area contributed by atoms with Crippen LogP contribution in [0.2, 0.25) is 0 Å². The maximum atomic E-state index is 10.6. The van der Waals surface area contributed by atoms with Crippen LogP contribution >= 0.6 is 22.6 Å². The third-order valence-electron chi connectivity index (χ3n) is 1.59. The molecule has 0 fully saturated rings. The summed E-state index contributed by atoms with van der Waals surface area (Å²) in [6, 6.07) is 3.16. The van der Waals surface area contributed by atoms with Crippen molar-refractivity contribution in [3.05, 3.63) is 31.7 Å². The highest BCUT2D eigenvalue weighted by Gasteiger charge is 1.98. The number of aldehydes is 1. The van der Waals surface area contributed by atoms with Gasteiger partial charge in [0, 0.05) is 19.6 Å². The van der Waals surface area contributed by atoms with E-state index in [4.69, 9.17) is 10.2 Å². The Morgan fingerprint density at radius 3 is 2.38 bits per heavy atom. The monoisotopic (exact) mass is 290 g/mol. The lowest BCUT2D eigenvalue weighted by Crippen LogP contribution is -2.18. The third kappa shape index (κ3) is 2.00. The van der Waals surface area contributed by atoms with Crippen molar-refractivity contribution in [3.8, 4) is 0 Å². The van der Waals surface area contributed by atoms with E-state index in [9.17, 15) is 4.79 Å². The van der Waals surface area contributed by atoms with E-state index in [0.717, 1.165) is 12.5 Å². The van der Waals surface area contributed by atoms with Crippen LogP contribution in [0, 0.1) is 3.57 Å². The van der Waals surface area contributed by atoms with Crippen molar-refractivity contribution in [2.45, 2.75) is 0 Å². The molecule has 0 saturated carbocycles. The van der Waals surface area contributed by atoms with Crippen LogP contribution in [0.25, 0.3) is 12.5 Å². The molecule has 3 nitrogen and oxygen atoms in total. The van der Waals surface area contributed by atoms with Gasteiger partial charge in [0.2, 0.25) is 0 Å². The molecule has 0 amide bonds. The Morgan fingerprint density at radius 1 is 1.23 bits per heavy atom. The van der Waals surface area contributed by atoms with Crippen LogP contribution in [0.1, 0.15) is 10.4 Å². The van der Waals surface area contributed by atoms with E-state index in [0.29, 0.717) is 25.9 Å². The predicted octanol–water partition coefficient (Wildman–Crippen LogP) is 0.696. The van der Waals surface area contributed by atoms with Crippen LogP contribution in [0.15, 0.2) is 12.1 Å². The summed E-state index contributed by atoms with van der Waals surface area (Å²) >= 11 is 1.98. The topological polar surface area (TPSA) is 57.5 Å². The minimum absolute atomic E-state index is 0.356. The van der Waals surface area contributed by atoms with Gasteiger partial charge in [0.05, 0.1) is 12.5 Å². The molecule has 4 heteroatoms. The second-order valence-corrected chi connectivity index (χ2v) is 3.54. The number of hydrogen-bond acceptors (Lipinski definition) is 3. The molecule has 0 heterocycles. The fourth-order valence-corrected chi connectivity index (χ4v) is 1.78. The quantitative estimate of drug-likeness (QED) is 0.591. The first-order chi connectivity index (χ1) is 6.22. The summed E-state index contributed by atoms with van der Waals surface area (Å²) in [5, 5.41) is 18.6. The smallest absolute Gasteiger partial charge is 0.150 e. The molecular weight excluding hydrogens is 283 g/mol. The maximum absolute atomic E-state index is 10.6. The number of carbonyl (C=O) groups excluding carboxylic acids is 1. The summed E-state index contributed by atoms with van der Waals surface area (Å²) in [5.74, 6) is 0. The fourth-order valence-electron chi connectivity index (χ4n) is 0.969.